The van der Waals surface area contributed by atoms with Crippen molar-refractivity contribution in [1.29, 1.82) is 0 Å². The first-order valence-electron chi connectivity index (χ1n) is 5.29. The van der Waals surface area contributed by atoms with E-state index in [0.29, 0.717) is 5.69 Å². The number of benzene rings is 1. The van der Waals surface area contributed by atoms with Gasteiger partial charge < -0.3 is 11.1 Å². The molecule has 2 rings (SSSR count). The van der Waals surface area contributed by atoms with Gasteiger partial charge in [-0.05, 0) is 18.2 Å². The molecule has 0 aliphatic heterocycles. The minimum atomic E-state index is -0.422. The van der Waals surface area contributed by atoms with E-state index < -0.39 is 5.82 Å². The SMILES string of the molecule is NC(=S)c1ncn(CC(=O)Nc2cccc(F)c2)n1. The summed E-state index contributed by atoms with van der Waals surface area (Å²) >= 11 is 4.71. The van der Waals surface area contributed by atoms with Crippen molar-refractivity contribution in [3.63, 3.8) is 0 Å². The number of nitrogens with zero attached hydrogens (tertiary/aromatic N) is 3. The van der Waals surface area contributed by atoms with Crippen LogP contribution in [0.15, 0.2) is 30.6 Å². The summed E-state index contributed by atoms with van der Waals surface area (Å²) in [6.07, 6.45) is 1.35. The average Bonchev–Trinajstić information content (AvgIpc) is 2.77. The molecule has 0 fully saturated rings. The summed E-state index contributed by atoms with van der Waals surface area (Å²) in [6, 6.07) is 5.61. The van der Waals surface area contributed by atoms with E-state index in [1.807, 2.05) is 0 Å². The molecule has 0 unspecified atom stereocenters. The molecule has 3 N–H and O–H groups in total. The summed E-state index contributed by atoms with van der Waals surface area (Å²) in [4.78, 5) is 15.6. The summed E-state index contributed by atoms with van der Waals surface area (Å²) in [5, 5.41) is 6.45. The Hall–Kier alpha value is -2.35. The maximum atomic E-state index is 12.9. The van der Waals surface area contributed by atoms with Crippen molar-refractivity contribution in [2.45, 2.75) is 6.54 Å². The zero-order valence-corrected chi connectivity index (χ0v) is 10.5. The molecule has 0 saturated heterocycles. The van der Waals surface area contributed by atoms with Gasteiger partial charge in [0.2, 0.25) is 11.7 Å². The van der Waals surface area contributed by atoms with E-state index in [9.17, 15) is 9.18 Å². The van der Waals surface area contributed by atoms with Gasteiger partial charge in [-0.3, -0.25) is 4.79 Å². The minimum Gasteiger partial charge on any atom is -0.387 e. The molecule has 0 aliphatic carbocycles. The van der Waals surface area contributed by atoms with Gasteiger partial charge in [-0.25, -0.2) is 14.1 Å². The number of hydrogen-bond donors (Lipinski definition) is 2. The Labute approximate surface area is 113 Å². The Morgan fingerprint density at radius 3 is 2.95 bits per heavy atom. The van der Waals surface area contributed by atoms with Gasteiger partial charge in [0.15, 0.2) is 0 Å². The number of thiocarbonyl (C=S) groups is 1. The topological polar surface area (TPSA) is 85.8 Å². The third-order valence-electron chi connectivity index (χ3n) is 2.17. The number of nitrogens with one attached hydrogen (secondary N) is 1. The maximum Gasteiger partial charge on any atom is 0.246 e. The Bertz CT molecular complexity index is 627. The number of carbonyl (C=O) groups excluding carboxylic acids is 1. The van der Waals surface area contributed by atoms with Gasteiger partial charge in [-0.15, -0.1) is 5.10 Å². The van der Waals surface area contributed by atoms with Crippen LogP contribution in [-0.2, 0) is 11.3 Å². The van der Waals surface area contributed by atoms with Crippen molar-refractivity contribution in [1.82, 2.24) is 14.8 Å². The monoisotopic (exact) mass is 279 g/mol. The van der Waals surface area contributed by atoms with E-state index in [2.05, 4.69) is 15.4 Å². The summed E-state index contributed by atoms with van der Waals surface area (Å²) in [6.45, 7) is -0.0634. The minimum absolute atomic E-state index is 0.0595. The summed E-state index contributed by atoms with van der Waals surface area (Å²) in [5.74, 6) is -0.576. The van der Waals surface area contributed by atoms with Crippen LogP contribution in [0.2, 0.25) is 0 Å². The van der Waals surface area contributed by atoms with Gasteiger partial charge in [0.25, 0.3) is 0 Å². The highest BCUT2D eigenvalue weighted by Crippen LogP contribution is 2.08. The van der Waals surface area contributed by atoms with Crippen LogP contribution in [0.3, 0.4) is 0 Å². The molecule has 1 aromatic carbocycles. The zero-order valence-electron chi connectivity index (χ0n) is 9.71. The fourth-order valence-corrected chi connectivity index (χ4v) is 1.49. The zero-order chi connectivity index (χ0) is 13.8. The van der Waals surface area contributed by atoms with Gasteiger partial charge in [0.05, 0.1) is 0 Å². The molecule has 8 heteroatoms. The number of anilines is 1. The van der Waals surface area contributed by atoms with Gasteiger partial charge in [0, 0.05) is 5.69 Å². The molecular weight excluding hydrogens is 269 g/mol. The summed E-state index contributed by atoms with van der Waals surface area (Å²) < 4.78 is 14.2. The molecule has 0 radical (unpaired) electrons. The number of halogens is 1. The number of amides is 1. The van der Waals surface area contributed by atoms with Crippen LogP contribution < -0.4 is 11.1 Å². The van der Waals surface area contributed by atoms with E-state index in [-0.39, 0.29) is 23.3 Å². The highest BCUT2D eigenvalue weighted by molar-refractivity contribution is 7.80. The fourth-order valence-electron chi connectivity index (χ4n) is 1.40. The molecule has 2 aromatic rings. The molecule has 0 saturated carbocycles. The molecule has 1 aromatic heterocycles. The lowest BCUT2D eigenvalue weighted by Crippen LogP contribution is -2.20. The van der Waals surface area contributed by atoms with E-state index in [4.69, 9.17) is 18.0 Å². The standard InChI is InChI=1S/C11H10FN5OS/c12-7-2-1-3-8(4-7)15-9(18)5-17-6-14-11(16-17)10(13)19/h1-4,6H,5H2,(H2,13,19)(H,15,18). The predicted molar refractivity (Wildman–Crippen MR) is 70.9 cm³/mol. The first-order valence-corrected chi connectivity index (χ1v) is 5.70. The van der Waals surface area contributed by atoms with Crippen LogP contribution in [0, 0.1) is 5.82 Å². The molecule has 6 nitrogen and oxygen atoms in total. The highest BCUT2D eigenvalue weighted by atomic mass is 32.1. The maximum absolute atomic E-state index is 12.9. The lowest BCUT2D eigenvalue weighted by Gasteiger charge is -2.04. The highest BCUT2D eigenvalue weighted by Gasteiger charge is 2.08. The second-order valence-corrected chi connectivity index (χ2v) is 4.13. The molecule has 1 amide bonds. The van der Waals surface area contributed by atoms with Crippen LogP contribution in [0.5, 0.6) is 0 Å². The molecule has 1 heterocycles. The first-order chi connectivity index (χ1) is 9.04. The molecule has 98 valence electrons. The largest absolute Gasteiger partial charge is 0.387 e. The van der Waals surface area contributed by atoms with Gasteiger partial charge in [-0.1, -0.05) is 18.3 Å². The number of nitrogens with two attached hydrogens (primary N) is 1. The third-order valence-corrected chi connectivity index (χ3v) is 2.35. The number of hydrogen-bond acceptors (Lipinski definition) is 4. The number of rotatable bonds is 4. The normalized spacial score (nSPS) is 10.2. The molecular formula is C11H10FN5OS. The van der Waals surface area contributed by atoms with Crippen LogP contribution in [0.4, 0.5) is 10.1 Å². The quantitative estimate of drug-likeness (QED) is 0.804. The Morgan fingerprint density at radius 1 is 1.53 bits per heavy atom. The summed E-state index contributed by atoms with van der Waals surface area (Å²) in [7, 11) is 0. The smallest absolute Gasteiger partial charge is 0.246 e. The fraction of sp³-hybridized carbons (Fsp3) is 0.0909. The van der Waals surface area contributed by atoms with Crippen LogP contribution in [0.25, 0.3) is 0 Å². The van der Waals surface area contributed by atoms with E-state index in [1.165, 1.54) is 29.2 Å². The molecule has 19 heavy (non-hydrogen) atoms. The summed E-state index contributed by atoms with van der Waals surface area (Å²) in [5.41, 5.74) is 5.72. The van der Waals surface area contributed by atoms with Crippen molar-refractivity contribution < 1.29 is 9.18 Å². The number of carbonyl (C=O) groups is 1. The number of aromatic nitrogens is 3. The van der Waals surface area contributed by atoms with Crippen molar-refractivity contribution in [2.75, 3.05) is 5.32 Å². The Balaban J connectivity index is 1.99. The van der Waals surface area contributed by atoms with Gasteiger partial charge in [0.1, 0.15) is 23.7 Å². The van der Waals surface area contributed by atoms with Gasteiger partial charge >= 0.3 is 0 Å². The Kier molecular flexibility index (Phi) is 3.81. The van der Waals surface area contributed by atoms with E-state index in [1.54, 1.807) is 6.07 Å². The molecule has 0 atom stereocenters. The molecule has 0 spiro atoms. The second-order valence-electron chi connectivity index (χ2n) is 3.69. The Morgan fingerprint density at radius 2 is 2.32 bits per heavy atom. The lowest BCUT2D eigenvalue weighted by atomic mass is 10.3. The van der Waals surface area contributed by atoms with Crippen molar-refractivity contribution in [3.8, 4) is 0 Å². The lowest BCUT2D eigenvalue weighted by molar-refractivity contribution is -0.116. The van der Waals surface area contributed by atoms with Crippen LogP contribution >= 0.6 is 12.2 Å². The third kappa shape index (κ3) is 3.55. The first kappa shape index (κ1) is 13.1. The van der Waals surface area contributed by atoms with Crippen molar-refractivity contribution in [3.05, 3.63) is 42.2 Å². The van der Waals surface area contributed by atoms with Crippen LogP contribution in [-0.4, -0.2) is 25.7 Å². The average molecular weight is 279 g/mol. The van der Waals surface area contributed by atoms with Crippen molar-refractivity contribution in [2.24, 2.45) is 5.73 Å². The second kappa shape index (κ2) is 5.53. The van der Waals surface area contributed by atoms with Crippen LogP contribution in [0.1, 0.15) is 5.82 Å². The molecule has 0 aliphatic rings. The van der Waals surface area contributed by atoms with Gasteiger partial charge in [-0.2, -0.15) is 0 Å². The molecule has 0 bridgehead atoms. The van der Waals surface area contributed by atoms with E-state index >= 15 is 0 Å². The van der Waals surface area contributed by atoms with Crippen molar-refractivity contribution >= 4 is 28.8 Å². The van der Waals surface area contributed by atoms with E-state index in [0.717, 1.165) is 0 Å². The predicted octanol–water partition coefficient (Wildman–Crippen LogP) is 0.690.